The van der Waals surface area contributed by atoms with Crippen LogP contribution in [0.3, 0.4) is 0 Å². The van der Waals surface area contributed by atoms with Gasteiger partial charge >= 0.3 is 0 Å². The van der Waals surface area contributed by atoms with E-state index < -0.39 is 0 Å². The molecule has 0 unspecified atom stereocenters. The Morgan fingerprint density at radius 3 is 2.77 bits per heavy atom. The number of anilines is 5. The van der Waals surface area contributed by atoms with E-state index in [0.29, 0.717) is 17.3 Å². The highest BCUT2D eigenvalue weighted by Crippen LogP contribution is 2.25. The summed E-state index contributed by atoms with van der Waals surface area (Å²) in [4.78, 5) is 11.7. The van der Waals surface area contributed by atoms with Crippen molar-refractivity contribution in [2.45, 2.75) is 45.1 Å². The maximum absolute atomic E-state index is 6.15. The summed E-state index contributed by atoms with van der Waals surface area (Å²) in [5.41, 5.74) is 20.8. The van der Waals surface area contributed by atoms with E-state index in [1.165, 1.54) is 0 Å². The van der Waals surface area contributed by atoms with Gasteiger partial charge in [-0.3, -0.25) is 0 Å². The van der Waals surface area contributed by atoms with Gasteiger partial charge in [-0.2, -0.15) is 4.98 Å². The number of nitrogens with zero attached hydrogens (tertiary/aromatic N) is 3. The van der Waals surface area contributed by atoms with Crippen LogP contribution >= 0.6 is 0 Å². The van der Waals surface area contributed by atoms with Crippen molar-refractivity contribution in [2.24, 2.45) is 5.73 Å². The average molecular weight is 355 g/mol. The Labute approximate surface area is 155 Å². The standard InChI is InChI=1S/C19H29N7/c1-2-3-6-14-11-18(26-9-4-5-13(20)12-26)25-19(23-14)24-15-7-8-16(21)17(22)10-15/h7-8,10-11,13H,2-6,9,12,20-22H2,1H3,(H,23,24,25)/t13-/m1/s1. The smallest absolute Gasteiger partial charge is 0.229 e. The lowest BCUT2D eigenvalue weighted by atomic mass is 10.1. The number of benzene rings is 1. The zero-order chi connectivity index (χ0) is 18.5. The van der Waals surface area contributed by atoms with Crippen molar-refractivity contribution in [3.8, 4) is 0 Å². The zero-order valence-corrected chi connectivity index (χ0v) is 15.4. The number of rotatable bonds is 6. The summed E-state index contributed by atoms with van der Waals surface area (Å²) in [6.07, 6.45) is 5.33. The van der Waals surface area contributed by atoms with Gasteiger partial charge in [-0.25, -0.2) is 4.98 Å². The Hall–Kier alpha value is -2.54. The van der Waals surface area contributed by atoms with Gasteiger partial charge in [0.1, 0.15) is 5.82 Å². The summed E-state index contributed by atoms with van der Waals surface area (Å²) in [5.74, 6) is 1.52. The molecule has 1 aromatic heterocycles. The van der Waals surface area contributed by atoms with Gasteiger partial charge in [0, 0.05) is 36.6 Å². The first kappa shape index (κ1) is 18.3. The Balaban J connectivity index is 1.87. The van der Waals surface area contributed by atoms with E-state index in [-0.39, 0.29) is 6.04 Å². The maximum atomic E-state index is 6.15. The number of piperidine rings is 1. The maximum Gasteiger partial charge on any atom is 0.229 e. The third kappa shape index (κ3) is 4.54. The Morgan fingerprint density at radius 2 is 2.04 bits per heavy atom. The van der Waals surface area contributed by atoms with Gasteiger partial charge in [0.05, 0.1) is 11.4 Å². The van der Waals surface area contributed by atoms with E-state index in [2.05, 4.69) is 28.2 Å². The molecule has 140 valence electrons. The minimum Gasteiger partial charge on any atom is -0.397 e. The molecule has 26 heavy (non-hydrogen) atoms. The fourth-order valence-electron chi connectivity index (χ4n) is 3.19. The van der Waals surface area contributed by atoms with Crippen molar-refractivity contribution in [2.75, 3.05) is 34.8 Å². The molecule has 1 atom stereocenters. The van der Waals surface area contributed by atoms with Gasteiger partial charge in [-0.05, 0) is 43.9 Å². The van der Waals surface area contributed by atoms with E-state index in [4.69, 9.17) is 22.2 Å². The molecule has 1 aliphatic rings. The van der Waals surface area contributed by atoms with E-state index in [9.17, 15) is 0 Å². The number of hydrogen-bond acceptors (Lipinski definition) is 7. The lowest BCUT2D eigenvalue weighted by Crippen LogP contribution is -2.43. The van der Waals surface area contributed by atoms with Gasteiger partial charge < -0.3 is 27.4 Å². The summed E-state index contributed by atoms with van der Waals surface area (Å²) < 4.78 is 0. The van der Waals surface area contributed by atoms with Crippen LogP contribution in [0.4, 0.5) is 28.8 Å². The quantitative estimate of drug-likeness (QED) is 0.588. The van der Waals surface area contributed by atoms with Crippen molar-refractivity contribution in [3.05, 3.63) is 30.0 Å². The molecule has 2 aromatic rings. The van der Waals surface area contributed by atoms with Crippen molar-refractivity contribution in [1.82, 2.24) is 9.97 Å². The number of aromatic nitrogens is 2. The van der Waals surface area contributed by atoms with Gasteiger partial charge in [-0.1, -0.05) is 13.3 Å². The van der Waals surface area contributed by atoms with Crippen LogP contribution in [0.25, 0.3) is 0 Å². The number of nitrogen functional groups attached to an aromatic ring is 2. The van der Waals surface area contributed by atoms with Crippen molar-refractivity contribution in [1.29, 1.82) is 0 Å². The number of hydrogen-bond donors (Lipinski definition) is 4. The molecule has 7 nitrogen and oxygen atoms in total. The zero-order valence-electron chi connectivity index (χ0n) is 15.4. The van der Waals surface area contributed by atoms with E-state index >= 15 is 0 Å². The fraction of sp³-hybridized carbons (Fsp3) is 0.474. The number of unbranched alkanes of at least 4 members (excludes halogenated alkanes) is 1. The number of nitrogens with one attached hydrogen (secondary N) is 1. The molecule has 3 rings (SSSR count). The fourth-order valence-corrected chi connectivity index (χ4v) is 3.19. The second-order valence-corrected chi connectivity index (χ2v) is 6.96. The molecule has 1 fully saturated rings. The van der Waals surface area contributed by atoms with Crippen LogP contribution in [-0.4, -0.2) is 29.1 Å². The lowest BCUT2D eigenvalue weighted by molar-refractivity contribution is 0.503. The molecule has 1 saturated heterocycles. The molecule has 0 spiro atoms. The Kier molecular flexibility index (Phi) is 5.78. The first-order chi connectivity index (χ1) is 12.5. The van der Waals surface area contributed by atoms with Crippen LogP contribution in [0.5, 0.6) is 0 Å². The lowest BCUT2D eigenvalue weighted by Gasteiger charge is -2.32. The van der Waals surface area contributed by atoms with E-state index in [1.807, 2.05) is 6.07 Å². The van der Waals surface area contributed by atoms with Gasteiger partial charge in [0.2, 0.25) is 5.95 Å². The highest BCUT2D eigenvalue weighted by atomic mass is 15.2. The number of nitrogens with two attached hydrogens (primary N) is 3. The molecule has 0 radical (unpaired) electrons. The molecule has 0 saturated carbocycles. The second kappa shape index (κ2) is 8.23. The third-order valence-corrected chi connectivity index (χ3v) is 4.68. The second-order valence-electron chi connectivity index (χ2n) is 6.96. The highest BCUT2D eigenvalue weighted by molar-refractivity contribution is 5.71. The van der Waals surface area contributed by atoms with Crippen LogP contribution in [0, 0.1) is 0 Å². The highest BCUT2D eigenvalue weighted by Gasteiger charge is 2.19. The van der Waals surface area contributed by atoms with Crippen LogP contribution in [0.1, 0.15) is 38.3 Å². The largest absolute Gasteiger partial charge is 0.397 e. The first-order valence-corrected chi connectivity index (χ1v) is 9.35. The molecule has 1 aliphatic heterocycles. The van der Waals surface area contributed by atoms with Gasteiger partial charge in [-0.15, -0.1) is 0 Å². The summed E-state index contributed by atoms with van der Waals surface area (Å²) in [6, 6.07) is 7.75. The van der Waals surface area contributed by atoms with E-state index in [1.54, 1.807) is 12.1 Å². The van der Waals surface area contributed by atoms with Crippen LogP contribution in [-0.2, 0) is 6.42 Å². The predicted octanol–water partition coefficient (Wildman–Crippen LogP) is 2.65. The summed E-state index contributed by atoms with van der Waals surface area (Å²) >= 11 is 0. The Morgan fingerprint density at radius 1 is 1.19 bits per heavy atom. The molecule has 7 N–H and O–H groups in total. The number of aryl methyl sites for hydroxylation is 1. The summed E-state index contributed by atoms with van der Waals surface area (Å²) in [6.45, 7) is 3.99. The monoisotopic (exact) mass is 355 g/mol. The van der Waals surface area contributed by atoms with Crippen LogP contribution < -0.4 is 27.4 Å². The van der Waals surface area contributed by atoms with E-state index in [0.717, 1.165) is 62.4 Å². The molecule has 0 amide bonds. The molecule has 0 bridgehead atoms. The molecular formula is C19H29N7. The third-order valence-electron chi connectivity index (χ3n) is 4.68. The molecular weight excluding hydrogens is 326 g/mol. The minimum absolute atomic E-state index is 0.200. The molecule has 1 aromatic carbocycles. The molecule has 0 aliphatic carbocycles. The normalized spacial score (nSPS) is 17.3. The van der Waals surface area contributed by atoms with Gasteiger partial charge in [0.25, 0.3) is 0 Å². The minimum atomic E-state index is 0.200. The van der Waals surface area contributed by atoms with Crippen LogP contribution in [0.15, 0.2) is 24.3 Å². The molecule has 2 heterocycles. The van der Waals surface area contributed by atoms with Crippen molar-refractivity contribution >= 4 is 28.8 Å². The summed E-state index contributed by atoms with van der Waals surface area (Å²) in [7, 11) is 0. The molecule has 7 heteroatoms. The summed E-state index contributed by atoms with van der Waals surface area (Å²) in [5, 5.41) is 3.26. The van der Waals surface area contributed by atoms with Crippen molar-refractivity contribution in [3.63, 3.8) is 0 Å². The van der Waals surface area contributed by atoms with Crippen molar-refractivity contribution < 1.29 is 0 Å². The van der Waals surface area contributed by atoms with Crippen LogP contribution in [0.2, 0.25) is 0 Å². The predicted molar refractivity (Wildman–Crippen MR) is 109 cm³/mol. The average Bonchev–Trinajstić information content (AvgIpc) is 2.63. The SMILES string of the molecule is CCCCc1cc(N2CCC[C@@H](N)C2)nc(Nc2ccc(N)c(N)c2)n1. The Bertz CT molecular complexity index is 747. The first-order valence-electron chi connectivity index (χ1n) is 9.35. The topological polar surface area (TPSA) is 119 Å². The van der Waals surface area contributed by atoms with Gasteiger partial charge in [0.15, 0.2) is 0 Å².